The zero-order valence-corrected chi connectivity index (χ0v) is 20.2. The Kier molecular flexibility index (Phi) is 6.79. The zero-order chi connectivity index (χ0) is 24.4. The highest BCUT2D eigenvalue weighted by Crippen LogP contribution is 2.41. The SMILES string of the molecule is CCOc1ccc2c(=O)c3c(oc2c1)C(=O)N(CCN(C)C)C3c1ccc(OCC)c(OC)c1. The molecule has 1 amide bonds. The molecule has 0 bridgehead atoms. The van der Waals surface area contributed by atoms with E-state index in [2.05, 4.69) is 0 Å². The standard InChI is InChI=1S/C26H30N2O6/c1-6-32-17-9-10-18-20(15-17)34-25-22(24(18)29)23(28(26(25)30)13-12-27(3)4)16-8-11-19(33-7-2)21(14-16)31-5/h8-11,14-15,23H,6-7,12-13H2,1-5H3. The Morgan fingerprint density at radius 2 is 1.76 bits per heavy atom. The second-order valence-electron chi connectivity index (χ2n) is 8.31. The molecule has 1 aliphatic heterocycles. The van der Waals surface area contributed by atoms with Crippen LogP contribution in [0.25, 0.3) is 11.0 Å². The maximum atomic E-state index is 13.7. The van der Waals surface area contributed by atoms with Crippen LogP contribution in [0.4, 0.5) is 0 Å². The van der Waals surface area contributed by atoms with Crippen LogP contribution in [0.5, 0.6) is 17.2 Å². The van der Waals surface area contributed by atoms with E-state index in [4.69, 9.17) is 18.6 Å². The van der Waals surface area contributed by atoms with Gasteiger partial charge in [0, 0.05) is 19.2 Å². The Balaban J connectivity index is 1.90. The number of rotatable bonds is 9. The highest BCUT2D eigenvalue weighted by Gasteiger charge is 2.42. The van der Waals surface area contributed by atoms with Crippen LogP contribution in [0.15, 0.2) is 45.6 Å². The van der Waals surface area contributed by atoms with Crippen molar-refractivity contribution in [2.24, 2.45) is 0 Å². The zero-order valence-electron chi connectivity index (χ0n) is 20.2. The molecule has 1 aromatic heterocycles. The summed E-state index contributed by atoms with van der Waals surface area (Å²) < 4.78 is 22.8. The van der Waals surface area contributed by atoms with Crippen molar-refractivity contribution < 1.29 is 23.4 Å². The molecule has 0 N–H and O–H groups in total. The number of hydrogen-bond donors (Lipinski definition) is 0. The summed E-state index contributed by atoms with van der Waals surface area (Å²) in [7, 11) is 5.45. The smallest absolute Gasteiger partial charge is 0.290 e. The molecule has 1 atom stereocenters. The predicted octanol–water partition coefficient (Wildman–Crippen LogP) is 3.71. The first-order valence-corrected chi connectivity index (χ1v) is 11.4. The maximum absolute atomic E-state index is 13.7. The number of nitrogens with zero attached hydrogens (tertiary/aromatic N) is 2. The third-order valence-corrected chi connectivity index (χ3v) is 5.84. The molecule has 0 saturated carbocycles. The summed E-state index contributed by atoms with van der Waals surface area (Å²) in [6, 6.07) is 9.99. The van der Waals surface area contributed by atoms with Gasteiger partial charge in [0.2, 0.25) is 5.76 Å². The minimum absolute atomic E-state index is 0.0720. The highest BCUT2D eigenvalue weighted by atomic mass is 16.5. The molecule has 0 saturated heterocycles. The molecule has 180 valence electrons. The fourth-order valence-corrected chi connectivity index (χ4v) is 4.27. The molecule has 0 radical (unpaired) electrons. The van der Waals surface area contributed by atoms with Gasteiger partial charge in [-0.25, -0.2) is 0 Å². The molecular weight excluding hydrogens is 436 g/mol. The first-order valence-electron chi connectivity index (χ1n) is 11.4. The van der Waals surface area contributed by atoms with Crippen molar-refractivity contribution in [2.75, 3.05) is 47.5 Å². The summed E-state index contributed by atoms with van der Waals surface area (Å²) in [5.41, 5.74) is 1.20. The van der Waals surface area contributed by atoms with Gasteiger partial charge >= 0.3 is 0 Å². The van der Waals surface area contributed by atoms with Crippen molar-refractivity contribution in [3.63, 3.8) is 0 Å². The quantitative estimate of drug-likeness (QED) is 0.476. The summed E-state index contributed by atoms with van der Waals surface area (Å²) in [5, 5.41) is 0.410. The van der Waals surface area contributed by atoms with Gasteiger partial charge in [-0.15, -0.1) is 0 Å². The molecule has 0 spiro atoms. The van der Waals surface area contributed by atoms with Crippen molar-refractivity contribution in [2.45, 2.75) is 19.9 Å². The van der Waals surface area contributed by atoms with Gasteiger partial charge in [0.15, 0.2) is 16.9 Å². The van der Waals surface area contributed by atoms with Crippen molar-refractivity contribution in [1.29, 1.82) is 0 Å². The van der Waals surface area contributed by atoms with E-state index in [1.54, 1.807) is 36.3 Å². The Morgan fingerprint density at radius 1 is 1.00 bits per heavy atom. The maximum Gasteiger partial charge on any atom is 0.290 e. The van der Waals surface area contributed by atoms with Crippen LogP contribution in [0.1, 0.15) is 41.6 Å². The fraction of sp³-hybridized carbons (Fsp3) is 0.385. The topological polar surface area (TPSA) is 81.5 Å². The second-order valence-corrected chi connectivity index (χ2v) is 8.31. The highest BCUT2D eigenvalue weighted by molar-refractivity contribution is 5.99. The average molecular weight is 467 g/mol. The Morgan fingerprint density at radius 3 is 2.44 bits per heavy atom. The van der Waals surface area contributed by atoms with E-state index in [-0.39, 0.29) is 17.1 Å². The summed E-state index contributed by atoms with van der Waals surface area (Å²) in [6.07, 6.45) is 0. The first kappa shape index (κ1) is 23.6. The van der Waals surface area contributed by atoms with Crippen molar-refractivity contribution in [1.82, 2.24) is 9.80 Å². The number of carbonyl (C=O) groups is 1. The lowest BCUT2D eigenvalue weighted by atomic mass is 9.98. The number of carbonyl (C=O) groups excluding carboxylic acids is 1. The van der Waals surface area contributed by atoms with E-state index >= 15 is 0 Å². The lowest BCUT2D eigenvalue weighted by Crippen LogP contribution is -2.35. The fourth-order valence-electron chi connectivity index (χ4n) is 4.27. The van der Waals surface area contributed by atoms with E-state index in [9.17, 15) is 9.59 Å². The van der Waals surface area contributed by atoms with Crippen LogP contribution in [0, 0.1) is 0 Å². The molecule has 34 heavy (non-hydrogen) atoms. The molecule has 0 fully saturated rings. The molecular formula is C26H30N2O6. The molecule has 1 unspecified atom stereocenters. The van der Waals surface area contributed by atoms with Crippen molar-refractivity contribution in [3.05, 3.63) is 63.5 Å². The number of ether oxygens (including phenoxy) is 3. The van der Waals surface area contributed by atoms with E-state index in [0.717, 1.165) is 5.56 Å². The van der Waals surface area contributed by atoms with Crippen LogP contribution in [0.2, 0.25) is 0 Å². The molecule has 0 aliphatic carbocycles. The van der Waals surface area contributed by atoms with Crippen molar-refractivity contribution >= 4 is 16.9 Å². The lowest BCUT2D eigenvalue weighted by Gasteiger charge is -2.27. The summed E-state index contributed by atoms with van der Waals surface area (Å²) in [6.45, 7) is 5.82. The Labute approximate surface area is 198 Å². The monoisotopic (exact) mass is 466 g/mol. The van der Waals surface area contributed by atoms with Gasteiger partial charge in [-0.3, -0.25) is 9.59 Å². The van der Waals surface area contributed by atoms with Crippen LogP contribution in [-0.2, 0) is 0 Å². The van der Waals surface area contributed by atoms with E-state index in [0.29, 0.717) is 60.1 Å². The van der Waals surface area contributed by atoms with Crippen LogP contribution < -0.4 is 19.6 Å². The van der Waals surface area contributed by atoms with Gasteiger partial charge in [-0.1, -0.05) is 6.07 Å². The van der Waals surface area contributed by atoms with Gasteiger partial charge in [0.1, 0.15) is 11.3 Å². The van der Waals surface area contributed by atoms with Gasteiger partial charge < -0.3 is 28.4 Å². The largest absolute Gasteiger partial charge is 0.494 e. The minimum Gasteiger partial charge on any atom is -0.494 e. The molecule has 8 nitrogen and oxygen atoms in total. The molecule has 4 rings (SSSR count). The minimum atomic E-state index is -0.598. The summed E-state index contributed by atoms with van der Waals surface area (Å²) >= 11 is 0. The Hall–Kier alpha value is -3.52. The molecule has 3 aromatic rings. The number of methoxy groups -OCH3 is 1. The first-order chi connectivity index (χ1) is 16.4. The molecule has 2 heterocycles. The van der Waals surface area contributed by atoms with Crippen molar-refractivity contribution in [3.8, 4) is 17.2 Å². The van der Waals surface area contributed by atoms with E-state index in [1.807, 2.05) is 45.0 Å². The summed E-state index contributed by atoms with van der Waals surface area (Å²) in [5.74, 6) is 1.49. The normalized spacial score (nSPS) is 15.2. The van der Waals surface area contributed by atoms with Crippen LogP contribution in [0.3, 0.4) is 0 Å². The van der Waals surface area contributed by atoms with Crippen LogP contribution in [-0.4, -0.2) is 63.2 Å². The molecule has 1 aliphatic rings. The third-order valence-electron chi connectivity index (χ3n) is 5.84. The second kappa shape index (κ2) is 9.77. The predicted molar refractivity (Wildman–Crippen MR) is 129 cm³/mol. The van der Waals surface area contributed by atoms with Gasteiger partial charge in [0.25, 0.3) is 5.91 Å². The van der Waals surface area contributed by atoms with Crippen LogP contribution >= 0.6 is 0 Å². The lowest BCUT2D eigenvalue weighted by molar-refractivity contribution is 0.0716. The number of likely N-dealkylation sites (N-methyl/N-ethyl adjacent to an activating group) is 1. The number of hydrogen-bond acceptors (Lipinski definition) is 7. The van der Waals surface area contributed by atoms with Gasteiger partial charge in [-0.05, 0) is 57.8 Å². The number of benzene rings is 2. The van der Waals surface area contributed by atoms with Gasteiger partial charge in [-0.2, -0.15) is 0 Å². The number of amides is 1. The summed E-state index contributed by atoms with van der Waals surface area (Å²) in [4.78, 5) is 30.9. The molecule has 2 aromatic carbocycles. The van der Waals surface area contributed by atoms with Gasteiger partial charge in [0.05, 0.1) is 37.3 Å². The van der Waals surface area contributed by atoms with E-state index in [1.165, 1.54) is 0 Å². The number of fused-ring (bicyclic) bond motifs is 2. The molecule has 8 heteroatoms. The third kappa shape index (κ3) is 4.21. The average Bonchev–Trinajstić information content (AvgIpc) is 3.10. The van der Waals surface area contributed by atoms with E-state index < -0.39 is 6.04 Å². The Bertz CT molecular complexity index is 1270.